The molecular formula is C18H29NO. The van der Waals surface area contributed by atoms with E-state index in [1.807, 2.05) is 0 Å². The van der Waals surface area contributed by atoms with Crippen molar-refractivity contribution in [2.45, 2.75) is 58.6 Å². The Labute approximate surface area is 123 Å². The van der Waals surface area contributed by atoms with E-state index in [0.717, 1.165) is 32.4 Å². The summed E-state index contributed by atoms with van der Waals surface area (Å²) >= 11 is 0. The molecule has 1 unspecified atom stereocenters. The van der Waals surface area contributed by atoms with Gasteiger partial charge in [-0.3, -0.25) is 0 Å². The Morgan fingerprint density at radius 1 is 1.20 bits per heavy atom. The number of rotatable bonds is 5. The van der Waals surface area contributed by atoms with Crippen LogP contribution in [0.25, 0.3) is 0 Å². The molecule has 1 saturated heterocycles. The topological polar surface area (TPSA) is 21.3 Å². The number of benzene rings is 1. The van der Waals surface area contributed by atoms with E-state index >= 15 is 0 Å². The van der Waals surface area contributed by atoms with Crippen LogP contribution >= 0.6 is 0 Å². The number of hydrogen-bond acceptors (Lipinski definition) is 2. The fraction of sp³-hybridized carbons (Fsp3) is 0.667. The summed E-state index contributed by atoms with van der Waals surface area (Å²) < 4.78 is 6.12. The summed E-state index contributed by atoms with van der Waals surface area (Å²) in [5, 5.41) is 3.70. The summed E-state index contributed by atoms with van der Waals surface area (Å²) in [4.78, 5) is 0. The Balaban J connectivity index is 1.97. The second-order valence-electron chi connectivity index (χ2n) is 6.51. The van der Waals surface area contributed by atoms with E-state index in [2.05, 4.69) is 57.3 Å². The van der Waals surface area contributed by atoms with E-state index in [-0.39, 0.29) is 11.6 Å². The second-order valence-corrected chi connectivity index (χ2v) is 6.51. The van der Waals surface area contributed by atoms with E-state index < -0.39 is 0 Å². The molecule has 0 spiro atoms. The van der Waals surface area contributed by atoms with Gasteiger partial charge < -0.3 is 10.1 Å². The Kier molecular flexibility index (Phi) is 5.22. The lowest BCUT2D eigenvalue weighted by Crippen LogP contribution is -2.54. The second kappa shape index (κ2) is 6.73. The van der Waals surface area contributed by atoms with Gasteiger partial charge >= 0.3 is 0 Å². The van der Waals surface area contributed by atoms with Crippen LogP contribution in [0.3, 0.4) is 0 Å². The van der Waals surface area contributed by atoms with Gasteiger partial charge in [0, 0.05) is 12.1 Å². The van der Waals surface area contributed by atoms with Crippen LogP contribution in [-0.4, -0.2) is 18.7 Å². The van der Waals surface area contributed by atoms with Crippen LogP contribution in [0.4, 0.5) is 0 Å². The van der Waals surface area contributed by atoms with Gasteiger partial charge in [0.05, 0.1) is 12.7 Å². The zero-order chi connectivity index (χ0) is 14.6. The summed E-state index contributed by atoms with van der Waals surface area (Å²) in [7, 11) is 0. The lowest BCUT2D eigenvalue weighted by atomic mass is 9.91. The molecule has 1 fully saturated rings. The van der Waals surface area contributed by atoms with Crippen molar-refractivity contribution < 1.29 is 4.74 Å². The highest BCUT2D eigenvalue weighted by Crippen LogP contribution is 2.27. The minimum atomic E-state index is 0.189. The summed E-state index contributed by atoms with van der Waals surface area (Å²) in [5.74, 6) is 0.711. The highest BCUT2D eigenvalue weighted by Gasteiger charge is 2.32. The maximum atomic E-state index is 6.12. The van der Waals surface area contributed by atoms with Crippen molar-refractivity contribution in [3.8, 4) is 0 Å². The van der Waals surface area contributed by atoms with Crippen LogP contribution in [0.1, 0.15) is 57.8 Å². The Bertz CT molecular complexity index is 396. The molecule has 1 aliphatic rings. The molecule has 0 aliphatic carbocycles. The van der Waals surface area contributed by atoms with Crippen molar-refractivity contribution in [1.82, 2.24) is 5.32 Å². The predicted octanol–water partition coefficient (Wildman–Crippen LogP) is 4.10. The Morgan fingerprint density at radius 2 is 1.85 bits per heavy atom. The SMILES string of the molecule is CCC1(CC)COC(c2ccc(CC(C)C)cc2)CN1. The molecular weight excluding hydrogens is 246 g/mol. The normalized spacial score (nSPS) is 22.1. The minimum Gasteiger partial charge on any atom is -0.370 e. The highest BCUT2D eigenvalue weighted by atomic mass is 16.5. The molecule has 20 heavy (non-hydrogen) atoms. The van der Waals surface area contributed by atoms with Crippen molar-refractivity contribution in [2.75, 3.05) is 13.2 Å². The molecule has 2 rings (SSSR count). The molecule has 1 atom stereocenters. The molecule has 0 saturated carbocycles. The monoisotopic (exact) mass is 275 g/mol. The van der Waals surface area contributed by atoms with Crippen LogP contribution < -0.4 is 5.32 Å². The van der Waals surface area contributed by atoms with E-state index in [4.69, 9.17) is 4.74 Å². The van der Waals surface area contributed by atoms with Crippen LogP contribution in [-0.2, 0) is 11.2 Å². The third-order valence-corrected chi connectivity index (χ3v) is 4.57. The molecule has 2 heteroatoms. The molecule has 0 amide bonds. The maximum Gasteiger partial charge on any atom is 0.0950 e. The van der Waals surface area contributed by atoms with Crippen LogP contribution in [0, 0.1) is 5.92 Å². The largest absolute Gasteiger partial charge is 0.370 e. The smallest absolute Gasteiger partial charge is 0.0950 e. The molecule has 1 heterocycles. The van der Waals surface area contributed by atoms with Crippen molar-refractivity contribution in [3.05, 3.63) is 35.4 Å². The molecule has 0 radical (unpaired) electrons. The first-order valence-corrected chi connectivity index (χ1v) is 8.04. The fourth-order valence-corrected chi connectivity index (χ4v) is 2.94. The van der Waals surface area contributed by atoms with Gasteiger partial charge in [0.15, 0.2) is 0 Å². The number of ether oxygens (including phenoxy) is 1. The molecule has 112 valence electrons. The third-order valence-electron chi connectivity index (χ3n) is 4.57. The minimum absolute atomic E-state index is 0.189. The van der Waals surface area contributed by atoms with Gasteiger partial charge in [-0.15, -0.1) is 0 Å². The first kappa shape index (κ1) is 15.5. The van der Waals surface area contributed by atoms with E-state index in [1.54, 1.807) is 0 Å². The summed E-state index contributed by atoms with van der Waals surface area (Å²) in [6.07, 6.45) is 3.61. The Morgan fingerprint density at radius 3 is 2.30 bits per heavy atom. The van der Waals surface area contributed by atoms with Gasteiger partial charge in [-0.2, -0.15) is 0 Å². The molecule has 0 bridgehead atoms. The molecule has 1 aliphatic heterocycles. The zero-order valence-corrected chi connectivity index (χ0v) is 13.4. The number of nitrogens with one attached hydrogen (secondary N) is 1. The first-order chi connectivity index (χ1) is 9.58. The molecule has 0 aromatic heterocycles. The van der Waals surface area contributed by atoms with Crippen LogP contribution in [0.2, 0.25) is 0 Å². The lowest BCUT2D eigenvalue weighted by Gasteiger charge is -2.40. The van der Waals surface area contributed by atoms with Gasteiger partial charge in [0.2, 0.25) is 0 Å². The van der Waals surface area contributed by atoms with E-state index in [1.165, 1.54) is 11.1 Å². The molecule has 1 aromatic rings. The van der Waals surface area contributed by atoms with Crippen molar-refractivity contribution in [3.63, 3.8) is 0 Å². The predicted molar refractivity (Wildman–Crippen MR) is 85.0 cm³/mol. The number of hydrogen-bond donors (Lipinski definition) is 1. The third kappa shape index (κ3) is 3.62. The standard InChI is InChI=1S/C18H29NO/c1-5-18(6-2)13-20-17(12-19-18)16-9-7-15(8-10-16)11-14(3)4/h7-10,14,17,19H,5-6,11-13H2,1-4H3. The van der Waals surface area contributed by atoms with Gasteiger partial charge in [0.1, 0.15) is 0 Å². The molecule has 2 nitrogen and oxygen atoms in total. The van der Waals surface area contributed by atoms with Crippen molar-refractivity contribution in [1.29, 1.82) is 0 Å². The van der Waals surface area contributed by atoms with E-state index in [0.29, 0.717) is 5.92 Å². The first-order valence-electron chi connectivity index (χ1n) is 8.04. The zero-order valence-electron chi connectivity index (χ0n) is 13.4. The quantitative estimate of drug-likeness (QED) is 0.873. The van der Waals surface area contributed by atoms with Gasteiger partial charge in [-0.05, 0) is 36.3 Å². The lowest BCUT2D eigenvalue weighted by molar-refractivity contribution is -0.0374. The maximum absolute atomic E-state index is 6.12. The van der Waals surface area contributed by atoms with E-state index in [9.17, 15) is 0 Å². The molecule has 1 aromatic carbocycles. The Hall–Kier alpha value is -0.860. The van der Waals surface area contributed by atoms with Crippen LogP contribution in [0.5, 0.6) is 0 Å². The van der Waals surface area contributed by atoms with Gasteiger partial charge in [0.25, 0.3) is 0 Å². The average Bonchev–Trinajstić information content (AvgIpc) is 2.48. The van der Waals surface area contributed by atoms with Crippen molar-refractivity contribution in [2.24, 2.45) is 5.92 Å². The van der Waals surface area contributed by atoms with Crippen molar-refractivity contribution >= 4 is 0 Å². The van der Waals surface area contributed by atoms with Gasteiger partial charge in [-0.25, -0.2) is 0 Å². The van der Waals surface area contributed by atoms with Crippen LogP contribution in [0.15, 0.2) is 24.3 Å². The average molecular weight is 275 g/mol. The fourth-order valence-electron chi connectivity index (χ4n) is 2.94. The number of morpholine rings is 1. The summed E-state index contributed by atoms with van der Waals surface area (Å²) in [6.45, 7) is 10.7. The summed E-state index contributed by atoms with van der Waals surface area (Å²) in [6, 6.07) is 8.96. The highest BCUT2D eigenvalue weighted by molar-refractivity contribution is 5.25. The summed E-state index contributed by atoms with van der Waals surface area (Å²) in [5.41, 5.74) is 2.91. The van der Waals surface area contributed by atoms with Gasteiger partial charge in [-0.1, -0.05) is 52.0 Å². The molecule has 1 N–H and O–H groups in total.